The number of anilines is 1. The fourth-order valence-electron chi connectivity index (χ4n) is 4.03. The zero-order chi connectivity index (χ0) is 34.1. The Balaban J connectivity index is 0.000000348. The molecule has 0 saturated carbocycles. The summed E-state index contributed by atoms with van der Waals surface area (Å²) in [5.74, 6) is -0.209. The maximum absolute atomic E-state index is 14.0. The van der Waals surface area contributed by atoms with Gasteiger partial charge in [-0.05, 0) is 84.6 Å². The van der Waals surface area contributed by atoms with Gasteiger partial charge in [0.05, 0.1) is 0 Å². The maximum atomic E-state index is 14.0. The van der Waals surface area contributed by atoms with Crippen molar-refractivity contribution in [2.75, 3.05) is 46.2 Å². The lowest BCUT2D eigenvalue weighted by Gasteiger charge is -2.15. The normalized spacial score (nSPS) is 10.7. The van der Waals surface area contributed by atoms with Crippen molar-refractivity contribution in [3.63, 3.8) is 0 Å². The van der Waals surface area contributed by atoms with E-state index in [9.17, 15) is 14.0 Å². The number of alkyl halides is 1. The summed E-state index contributed by atoms with van der Waals surface area (Å²) in [5, 5.41) is 9.42. The lowest BCUT2D eigenvalue weighted by atomic mass is 10.0. The van der Waals surface area contributed by atoms with Crippen LogP contribution in [0.4, 0.5) is 10.1 Å². The molecule has 2 heterocycles. The summed E-state index contributed by atoms with van der Waals surface area (Å²) in [4.78, 5) is 35.9. The fraction of sp³-hybridized carbons (Fsp3) is 0.389. The molecule has 0 radical (unpaired) electrons. The van der Waals surface area contributed by atoms with Crippen LogP contribution in [0.15, 0.2) is 72.4 Å². The van der Waals surface area contributed by atoms with Crippen molar-refractivity contribution in [3.8, 4) is 0 Å². The largest absolute Gasteiger partial charge is 0.378 e. The van der Waals surface area contributed by atoms with Gasteiger partial charge < -0.3 is 20.4 Å². The molecule has 0 bridgehead atoms. The monoisotopic (exact) mass is 648 g/mol. The topological polar surface area (TPSA) is 90.5 Å². The van der Waals surface area contributed by atoms with Gasteiger partial charge in [0, 0.05) is 79.6 Å². The van der Waals surface area contributed by atoms with Crippen LogP contribution in [0.1, 0.15) is 68.4 Å². The minimum absolute atomic E-state index is 0.209. The average Bonchev–Trinajstić information content (AvgIpc) is 3.42. The van der Waals surface area contributed by atoms with E-state index in [0.717, 1.165) is 36.2 Å². The number of aromatic nitrogens is 2. The van der Waals surface area contributed by atoms with Crippen molar-refractivity contribution < 1.29 is 14.0 Å². The van der Waals surface area contributed by atoms with Gasteiger partial charge in [0.2, 0.25) is 0 Å². The number of halogens is 1. The number of carbonyl (C=O) groups is 2. The Kier molecular flexibility index (Phi) is 16.2. The molecule has 2 aromatic carbocycles. The van der Waals surface area contributed by atoms with Crippen molar-refractivity contribution in [3.05, 3.63) is 111 Å². The molecule has 2 aromatic heterocycles. The van der Waals surface area contributed by atoms with E-state index in [1.165, 1.54) is 24.4 Å². The molecule has 10 heteroatoms. The van der Waals surface area contributed by atoms with Crippen molar-refractivity contribution >= 4 is 29.2 Å². The van der Waals surface area contributed by atoms with Gasteiger partial charge in [0.15, 0.2) is 0 Å². The van der Waals surface area contributed by atoms with Crippen LogP contribution in [-0.2, 0) is 18.8 Å². The Labute approximate surface area is 278 Å². The summed E-state index contributed by atoms with van der Waals surface area (Å²) >= 11 is 1.73. The molecule has 2 N–H and O–H groups in total. The van der Waals surface area contributed by atoms with Crippen molar-refractivity contribution in [1.29, 1.82) is 0 Å². The highest BCUT2D eigenvalue weighted by atomic mass is 32.1. The second-order valence-electron chi connectivity index (χ2n) is 11.9. The third-order valence-electron chi connectivity index (χ3n) is 6.54. The molecule has 4 aromatic rings. The third-order valence-corrected chi connectivity index (χ3v) is 7.49. The van der Waals surface area contributed by atoms with Gasteiger partial charge in [0.1, 0.15) is 17.0 Å². The van der Waals surface area contributed by atoms with Crippen molar-refractivity contribution in [2.45, 2.75) is 52.9 Å². The number of amides is 1. The molecule has 0 unspecified atom stereocenters. The first-order chi connectivity index (χ1) is 21.8. The maximum Gasteiger partial charge on any atom is 0.251 e. The number of hydrogen-bond donors (Lipinski definition) is 2. The number of thiazole rings is 1. The lowest BCUT2D eigenvalue weighted by Crippen LogP contribution is -2.27. The van der Waals surface area contributed by atoms with E-state index in [1.807, 2.05) is 50.2 Å². The van der Waals surface area contributed by atoms with E-state index in [2.05, 4.69) is 64.0 Å². The molecule has 0 spiro atoms. The van der Waals surface area contributed by atoms with E-state index < -0.39 is 5.67 Å². The minimum atomic E-state index is -1.42. The van der Waals surface area contributed by atoms with E-state index >= 15 is 0 Å². The zero-order valence-electron chi connectivity index (χ0n) is 28.4. The van der Waals surface area contributed by atoms with Crippen LogP contribution in [0.3, 0.4) is 0 Å². The van der Waals surface area contributed by atoms with Crippen molar-refractivity contribution in [1.82, 2.24) is 25.5 Å². The molecule has 1 amide bonds. The van der Waals surface area contributed by atoms with Crippen LogP contribution in [0.5, 0.6) is 0 Å². The highest BCUT2D eigenvalue weighted by molar-refractivity contribution is 7.09. The van der Waals surface area contributed by atoms with E-state index in [-0.39, 0.29) is 5.91 Å². The molecule has 46 heavy (non-hydrogen) atoms. The molecule has 0 atom stereocenters. The average molecular weight is 649 g/mol. The van der Waals surface area contributed by atoms with Gasteiger partial charge in [-0.3, -0.25) is 14.6 Å². The number of nitrogens with one attached hydrogen (secondary N) is 2. The van der Waals surface area contributed by atoms with Gasteiger partial charge in [-0.2, -0.15) is 0 Å². The van der Waals surface area contributed by atoms with Gasteiger partial charge in [-0.25, -0.2) is 9.37 Å². The predicted octanol–water partition coefficient (Wildman–Crippen LogP) is 6.58. The highest BCUT2D eigenvalue weighted by Crippen LogP contribution is 2.24. The summed E-state index contributed by atoms with van der Waals surface area (Å²) in [6, 6.07) is 17.1. The molecule has 0 aliphatic rings. The number of rotatable bonds is 12. The molecule has 0 aliphatic heterocycles. The quantitative estimate of drug-likeness (QED) is 0.132. The van der Waals surface area contributed by atoms with Crippen LogP contribution in [-0.4, -0.2) is 68.3 Å². The van der Waals surface area contributed by atoms with Gasteiger partial charge >= 0.3 is 0 Å². The summed E-state index contributed by atoms with van der Waals surface area (Å²) in [6.07, 6.45) is 4.73. The number of benzene rings is 2. The van der Waals surface area contributed by atoms with Crippen LogP contribution < -0.4 is 15.5 Å². The lowest BCUT2D eigenvalue weighted by molar-refractivity contribution is 0.0953. The fourth-order valence-corrected chi connectivity index (χ4v) is 4.92. The second-order valence-corrected chi connectivity index (χ2v) is 12.9. The third kappa shape index (κ3) is 14.9. The van der Waals surface area contributed by atoms with Gasteiger partial charge in [0.25, 0.3) is 5.91 Å². The predicted molar refractivity (Wildman–Crippen MR) is 189 cm³/mol. The number of nitrogens with zero attached hydrogens (tertiary/aromatic N) is 4. The molecule has 0 fully saturated rings. The molecule has 248 valence electrons. The molecule has 0 saturated heterocycles. The van der Waals surface area contributed by atoms with E-state index in [4.69, 9.17) is 0 Å². The van der Waals surface area contributed by atoms with Crippen molar-refractivity contribution in [2.24, 2.45) is 0 Å². The Morgan fingerprint density at radius 2 is 1.72 bits per heavy atom. The van der Waals surface area contributed by atoms with E-state index in [0.29, 0.717) is 36.3 Å². The molecule has 0 aliphatic carbocycles. The number of hydrogen-bond acceptors (Lipinski definition) is 8. The van der Waals surface area contributed by atoms with Gasteiger partial charge in [-0.1, -0.05) is 35.9 Å². The van der Waals surface area contributed by atoms with E-state index in [1.54, 1.807) is 41.9 Å². The molecule has 8 nitrogen and oxygen atoms in total. The summed E-state index contributed by atoms with van der Waals surface area (Å²) in [5.41, 5.74) is 4.23. The first kappa shape index (κ1) is 38.2. The summed E-state index contributed by atoms with van der Waals surface area (Å²) in [6.45, 7) is 9.87. The van der Waals surface area contributed by atoms with Crippen LogP contribution in [0.2, 0.25) is 0 Å². The van der Waals surface area contributed by atoms with Crippen LogP contribution in [0.25, 0.3) is 0 Å². The summed E-state index contributed by atoms with van der Waals surface area (Å²) < 4.78 is 14.0. The smallest absolute Gasteiger partial charge is 0.251 e. The number of carbonyl (C=O) groups excluding carboxylic acids is 2. The number of pyridine rings is 1. The molecule has 4 rings (SSSR count). The Bertz CT molecular complexity index is 1490. The molecular formula is C36H49FN6O2S. The first-order valence-corrected chi connectivity index (χ1v) is 16.1. The van der Waals surface area contributed by atoms with Gasteiger partial charge in [-0.15, -0.1) is 11.3 Å². The second kappa shape index (κ2) is 19.5. The first-order valence-electron chi connectivity index (χ1n) is 15.3. The standard InChI is InChI=1S/C22H29FN4O2.C7H12N2S.C7H8/c1-22(2,23)19-9-17(13-25-14-19)12-24-6-5-7-26-21(29)18-8-16(15-28)10-20(11-18)27(3)4;1-6-5-10-7(8-6)4-9(2)3;1-7-5-3-2-4-6-7/h8-11,13-15,24H,5-7,12H2,1-4H3,(H,26,29);5H,4H2,1-3H3;2-6H,1H3. The highest BCUT2D eigenvalue weighted by Gasteiger charge is 2.19. The van der Waals surface area contributed by atoms with Crippen LogP contribution >= 0.6 is 11.3 Å². The Morgan fingerprint density at radius 1 is 1.00 bits per heavy atom. The number of aryl methyl sites for hydroxylation is 2. The Hall–Kier alpha value is -3.99. The minimum Gasteiger partial charge on any atom is -0.378 e. The Morgan fingerprint density at radius 3 is 2.26 bits per heavy atom. The van der Waals surface area contributed by atoms with Crippen LogP contribution in [0, 0.1) is 13.8 Å². The summed E-state index contributed by atoms with van der Waals surface area (Å²) in [7, 11) is 7.82. The molecular weight excluding hydrogens is 600 g/mol. The number of aldehydes is 1. The SMILES string of the molecule is CN(C)c1cc(C=O)cc(C(=O)NCCCNCc2cncc(C(C)(C)F)c2)c1.Cc1ccccc1.Cc1csc(CN(C)C)n1. The zero-order valence-corrected chi connectivity index (χ0v) is 29.2.